The lowest BCUT2D eigenvalue weighted by Gasteiger charge is -2.34. The highest BCUT2D eigenvalue weighted by Gasteiger charge is 2.29. The minimum atomic E-state index is -3.62. The third-order valence-corrected chi connectivity index (χ3v) is 8.70. The largest absolute Gasteiger partial charge is 0.301 e. The van der Waals surface area contributed by atoms with E-state index < -0.39 is 10.0 Å². The van der Waals surface area contributed by atoms with Crippen molar-refractivity contribution in [3.05, 3.63) is 101 Å². The van der Waals surface area contributed by atoms with Gasteiger partial charge in [-0.3, -0.25) is 0 Å². The average Bonchev–Trinajstić information content (AvgIpc) is 2.84. The van der Waals surface area contributed by atoms with Crippen LogP contribution in [-0.4, -0.2) is 50.3 Å². The van der Waals surface area contributed by atoms with Crippen molar-refractivity contribution in [2.45, 2.75) is 23.7 Å². The molecule has 0 saturated carbocycles. The van der Waals surface area contributed by atoms with Crippen molar-refractivity contribution in [1.29, 1.82) is 0 Å². The Labute approximate surface area is 204 Å². The summed E-state index contributed by atoms with van der Waals surface area (Å²) in [5.41, 5.74) is 1.98. The molecule has 180 valence electrons. The van der Waals surface area contributed by atoms with Gasteiger partial charge < -0.3 is 4.90 Å². The molecule has 0 unspecified atom stereocenters. The van der Waals surface area contributed by atoms with E-state index in [2.05, 4.69) is 4.90 Å². The molecule has 8 heteroatoms. The predicted molar refractivity (Wildman–Crippen MR) is 131 cm³/mol. The normalized spacial score (nSPS) is 15.6. The molecule has 1 saturated heterocycles. The molecule has 0 amide bonds. The van der Waals surface area contributed by atoms with Crippen molar-refractivity contribution in [2.24, 2.45) is 0 Å². The maximum absolute atomic E-state index is 13.4. The summed E-state index contributed by atoms with van der Waals surface area (Å²) >= 11 is 6.12. The lowest BCUT2D eigenvalue weighted by molar-refractivity contribution is 0.185. The van der Waals surface area contributed by atoms with Gasteiger partial charge in [-0.05, 0) is 66.9 Å². The number of halogens is 3. The second kappa shape index (κ2) is 11.0. The van der Waals surface area contributed by atoms with Crippen molar-refractivity contribution in [2.75, 3.05) is 32.7 Å². The van der Waals surface area contributed by atoms with Gasteiger partial charge in [-0.1, -0.05) is 48.0 Å². The molecule has 0 aliphatic carbocycles. The first kappa shape index (κ1) is 24.8. The van der Waals surface area contributed by atoms with Crippen LogP contribution in [0.5, 0.6) is 0 Å². The molecule has 1 aliphatic rings. The zero-order valence-electron chi connectivity index (χ0n) is 18.7. The molecular weight excluding hydrogens is 478 g/mol. The molecule has 3 aromatic rings. The van der Waals surface area contributed by atoms with E-state index in [1.54, 1.807) is 42.5 Å². The van der Waals surface area contributed by atoms with Gasteiger partial charge in [0.25, 0.3) is 0 Å². The lowest BCUT2D eigenvalue weighted by atomic mass is 9.87. The van der Waals surface area contributed by atoms with Crippen molar-refractivity contribution >= 4 is 21.6 Å². The predicted octanol–water partition coefficient (Wildman–Crippen LogP) is 5.54. The molecule has 1 heterocycles. The Bertz CT molecular complexity index is 1150. The fourth-order valence-corrected chi connectivity index (χ4v) is 6.34. The topological polar surface area (TPSA) is 40.6 Å². The highest BCUT2D eigenvalue weighted by Crippen LogP contribution is 2.30. The van der Waals surface area contributed by atoms with Crippen LogP contribution >= 0.6 is 11.6 Å². The van der Waals surface area contributed by atoms with E-state index in [9.17, 15) is 17.2 Å². The number of hydrogen-bond donors (Lipinski definition) is 0. The van der Waals surface area contributed by atoms with Crippen LogP contribution in [0.1, 0.15) is 29.9 Å². The summed E-state index contributed by atoms with van der Waals surface area (Å²) in [5.74, 6) is -0.541. The summed E-state index contributed by atoms with van der Waals surface area (Å²) in [4.78, 5) is 2.40. The van der Waals surface area contributed by atoms with Crippen LogP contribution in [0.2, 0.25) is 5.02 Å². The number of rotatable bonds is 8. The SMILES string of the molecule is O=S(=O)(c1ccccc1Cl)N1CCN(CCCC(c2ccc(F)cc2)c2ccc(F)cc2)CC1. The molecule has 1 fully saturated rings. The molecule has 0 spiro atoms. The van der Waals surface area contributed by atoms with Crippen LogP contribution in [0.15, 0.2) is 77.7 Å². The standard InChI is InChI=1S/C26H27ClF2N2O2S/c27-25-5-1-2-6-26(25)34(32,33)31-18-16-30(17-19-31)15-3-4-24(20-7-11-22(28)12-8-20)21-9-13-23(29)14-10-21/h1-2,5-14,24H,3-4,15-19H2. The fraction of sp³-hybridized carbons (Fsp3) is 0.308. The molecule has 0 atom stereocenters. The van der Waals surface area contributed by atoms with Crippen LogP contribution in [0.25, 0.3) is 0 Å². The Kier molecular flexibility index (Phi) is 7.99. The second-order valence-electron chi connectivity index (χ2n) is 8.47. The average molecular weight is 505 g/mol. The minimum Gasteiger partial charge on any atom is -0.301 e. The summed E-state index contributed by atoms with van der Waals surface area (Å²) in [5, 5.41) is 0.234. The van der Waals surface area contributed by atoms with E-state index in [0.717, 1.165) is 30.5 Å². The molecule has 0 N–H and O–H groups in total. The summed E-state index contributed by atoms with van der Waals surface area (Å²) in [7, 11) is -3.62. The number of sulfonamides is 1. The fourth-order valence-electron chi connectivity index (χ4n) is 4.42. The Morgan fingerprint density at radius 1 is 0.794 bits per heavy atom. The zero-order chi connectivity index (χ0) is 24.1. The quantitative estimate of drug-likeness (QED) is 0.404. The van der Waals surface area contributed by atoms with E-state index in [-0.39, 0.29) is 27.5 Å². The Morgan fingerprint density at radius 2 is 1.32 bits per heavy atom. The molecule has 4 rings (SSSR count). The minimum absolute atomic E-state index is 0.0306. The maximum Gasteiger partial charge on any atom is 0.244 e. The number of benzene rings is 3. The summed E-state index contributed by atoms with van der Waals surface area (Å²) in [6, 6.07) is 19.4. The Balaban J connectivity index is 1.35. The van der Waals surface area contributed by atoms with Gasteiger partial charge in [0.1, 0.15) is 16.5 Å². The van der Waals surface area contributed by atoms with Crippen LogP contribution < -0.4 is 0 Å². The van der Waals surface area contributed by atoms with E-state index in [0.29, 0.717) is 26.2 Å². The highest BCUT2D eigenvalue weighted by molar-refractivity contribution is 7.89. The van der Waals surface area contributed by atoms with Gasteiger partial charge in [0.2, 0.25) is 10.0 Å². The molecular formula is C26H27ClF2N2O2S. The molecule has 34 heavy (non-hydrogen) atoms. The van der Waals surface area contributed by atoms with Crippen molar-refractivity contribution in [3.8, 4) is 0 Å². The molecule has 0 aromatic heterocycles. The monoisotopic (exact) mass is 504 g/mol. The van der Waals surface area contributed by atoms with Gasteiger partial charge in [-0.2, -0.15) is 4.31 Å². The van der Waals surface area contributed by atoms with Gasteiger partial charge in [-0.25, -0.2) is 17.2 Å². The summed E-state index contributed by atoms with van der Waals surface area (Å²) in [6.07, 6.45) is 1.69. The molecule has 4 nitrogen and oxygen atoms in total. The van der Waals surface area contributed by atoms with Gasteiger partial charge >= 0.3 is 0 Å². The van der Waals surface area contributed by atoms with E-state index in [1.165, 1.54) is 34.6 Å². The number of hydrogen-bond acceptors (Lipinski definition) is 3. The maximum atomic E-state index is 13.4. The third-order valence-electron chi connectivity index (χ3n) is 6.30. The van der Waals surface area contributed by atoms with Gasteiger partial charge in [0.15, 0.2) is 0 Å². The zero-order valence-corrected chi connectivity index (χ0v) is 20.3. The van der Waals surface area contributed by atoms with Crippen LogP contribution in [-0.2, 0) is 10.0 Å². The number of piperazine rings is 1. The van der Waals surface area contributed by atoms with Crippen molar-refractivity contribution in [1.82, 2.24) is 9.21 Å². The highest BCUT2D eigenvalue weighted by atomic mass is 35.5. The van der Waals surface area contributed by atoms with Gasteiger partial charge in [-0.15, -0.1) is 0 Å². The second-order valence-corrected chi connectivity index (χ2v) is 10.8. The Morgan fingerprint density at radius 3 is 1.85 bits per heavy atom. The smallest absolute Gasteiger partial charge is 0.244 e. The van der Waals surface area contributed by atoms with E-state index >= 15 is 0 Å². The number of nitrogens with zero attached hydrogens (tertiary/aromatic N) is 2. The summed E-state index contributed by atoms with van der Waals surface area (Å²) in [6.45, 7) is 2.92. The first-order valence-corrected chi connectivity index (χ1v) is 13.1. The first-order chi connectivity index (χ1) is 16.3. The lowest BCUT2D eigenvalue weighted by Crippen LogP contribution is -2.48. The van der Waals surface area contributed by atoms with Crippen molar-refractivity contribution in [3.63, 3.8) is 0 Å². The van der Waals surface area contributed by atoms with E-state index in [4.69, 9.17) is 11.6 Å². The van der Waals surface area contributed by atoms with E-state index in [1.807, 2.05) is 0 Å². The molecule has 0 bridgehead atoms. The van der Waals surface area contributed by atoms with Gasteiger partial charge in [0, 0.05) is 32.1 Å². The first-order valence-electron chi connectivity index (χ1n) is 11.3. The van der Waals surface area contributed by atoms with Crippen LogP contribution in [0.4, 0.5) is 8.78 Å². The Hall–Kier alpha value is -2.32. The molecule has 1 aliphatic heterocycles. The van der Waals surface area contributed by atoms with Crippen LogP contribution in [0, 0.1) is 11.6 Å². The molecule has 3 aromatic carbocycles. The molecule has 0 radical (unpaired) electrons. The van der Waals surface area contributed by atoms with Crippen molar-refractivity contribution < 1.29 is 17.2 Å². The van der Waals surface area contributed by atoms with Gasteiger partial charge in [0.05, 0.1) is 5.02 Å². The summed E-state index contributed by atoms with van der Waals surface area (Å²) < 4.78 is 54.3. The van der Waals surface area contributed by atoms with Crippen LogP contribution in [0.3, 0.4) is 0 Å². The third kappa shape index (κ3) is 5.84.